The number of hydrogen-bond acceptors (Lipinski definition) is 14. The van der Waals surface area contributed by atoms with Crippen molar-refractivity contribution in [3.05, 3.63) is 75.2 Å². The summed E-state index contributed by atoms with van der Waals surface area (Å²) < 4.78 is 22.0. The fraction of sp³-hybridized carbons (Fsp3) is 0.306. The van der Waals surface area contributed by atoms with E-state index < -0.39 is 82.6 Å². The van der Waals surface area contributed by atoms with Gasteiger partial charge in [-0.2, -0.15) is 0 Å². The van der Waals surface area contributed by atoms with Gasteiger partial charge in [0.1, 0.15) is 41.1 Å². The number of ether oxygens (including phenoxy) is 4. The molecule has 1 fully saturated rings. The Bertz CT molecular complexity index is 2270. The Labute approximate surface area is 320 Å². The number of rotatable bonds is 14. The summed E-state index contributed by atoms with van der Waals surface area (Å²) in [4.78, 5) is 114. The standard InChI is InChI=1S/C36H34N4O15S/c1-5-39-12-23(31(46)22-10-25(54-17(3)42)26(11-24(22)39)55-18(4)43)32(47)37-28(19-6-8-21(9-7-19)53-14-27(44)45)33(48)38-29-34(49)40-30(36(50)51)20(13-52-16(2)41)15-56-35(29)40/h6-12,28-29,35H,5,13-15H2,1-4H3,(H,37,47)(H,38,48)(H,44,45)(H,50,51)/t28?,29-,35+/m1/s1. The number of fused-ring (bicyclic) bond motifs is 2. The third kappa shape index (κ3) is 8.65. The number of benzene rings is 2. The van der Waals surface area contributed by atoms with Crippen molar-refractivity contribution in [3.8, 4) is 17.2 Å². The molecule has 4 N–H and O–H groups in total. The first-order valence-corrected chi connectivity index (χ1v) is 17.7. The first-order valence-electron chi connectivity index (χ1n) is 16.7. The van der Waals surface area contributed by atoms with Crippen LogP contribution in [0.2, 0.25) is 0 Å². The minimum atomic E-state index is -1.59. The third-order valence-corrected chi connectivity index (χ3v) is 9.69. The van der Waals surface area contributed by atoms with Crippen LogP contribution in [0.5, 0.6) is 17.2 Å². The van der Waals surface area contributed by atoms with E-state index in [1.807, 2.05) is 0 Å². The Balaban J connectivity index is 1.49. The molecule has 294 valence electrons. The Kier molecular flexibility index (Phi) is 12.1. The number of hydrogen-bond donors (Lipinski definition) is 4. The van der Waals surface area contributed by atoms with Gasteiger partial charge in [0.2, 0.25) is 11.3 Å². The average molecular weight is 795 g/mol. The number of esters is 3. The normalized spacial score (nSPS) is 16.5. The molecule has 0 radical (unpaired) electrons. The fourth-order valence-electron chi connectivity index (χ4n) is 5.92. The molecule has 0 bridgehead atoms. The van der Waals surface area contributed by atoms with Crippen LogP contribution in [0.4, 0.5) is 0 Å². The molecule has 3 amide bonds. The Morgan fingerprint density at radius 2 is 1.57 bits per heavy atom. The number of aryl methyl sites for hydroxylation is 1. The van der Waals surface area contributed by atoms with Gasteiger partial charge >= 0.3 is 29.8 Å². The second-order valence-corrected chi connectivity index (χ2v) is 13.4. The number of carbonyl (C=O) groups excluding carboxylic acids is 6. The number of aromatic nitrogens is 1. The van der Waals surface area contributed by atoms with Gasteiger partial charge in [-0.15, -0.1) is 11.8 Å². The van der Waals surface area contributed by atoms with E-state index >= 15 is 0 Å². The number of carboxylic acid groups (broad SMARTS) is 2. The highest BCUT2D eigenvalue weighted by Crippen LogP contribution is 2.41. The van der Waals surface area contributed by atoms with Gasteiger partial charge in [-0.25, -0.2) is 9.59 Å². The summed E-state index contributed by atoms with van der Waals surface area (Å²) in [5.74, 6) is -7.85. The van der Waals surface area contributed by atoms with Crippen molar-refractivity contribution in [1.29, 1.82) is 0 Å². The predicted octanol–water partition coefficient (Wildman–Crippen LogP) is 1.11. The molecule has 1 unspecified atom stereocenters. The summed E-state index contributed by atoms with van der Waals surface area (Å²) in [5.41, 5.74) is -1.16. The lowest BCUT2D eigenvalue weighted by molar-refractivity contribution is -0.151. The molecule has 2 aliphatic heterocycles. The third-order valence-electron chi connectivity index (χ3n) is 8.35. The van der Waals surface area contributed by atoms with Crippen molar-refractivity contribution in [3.63, 3.8) is 0 Å². The van der Waals surface area contributed by atoms with Crippen LogP contribution in [-0.4, -0.2) is 97.6 Å². The van der Waals surface area contributed by atoms with E-state index in [-0.39, 0.29) is 63.9 Å². The van der Waals surface area contributed by atoms with Crippen LogP contribution in [0.25, 0.3) is 10.9 Å². The minimum Gasteiger partial charge on any atom is -0.482 e. The number of nitrogens with one attached hydrogen (secondary N) is 2. The van der Waals surface area contributed by atoms with Crippen molar-refractivity contribution in [2.24, 2.45) is 0 Å². The topological polar surface area (TPSA) is 263 Å². The second kappa shape index (κ2) is 16.8. The van der Waals surface area contributed by atoms with Crippen LogP contribution in [0, 0.1) is 0 Å². The number of β-lactam (4-membered cyclic amide) rings is 1. The molecule has 2 aliphatic rings. The Morgan fingerprint density at radius 1 is 0.929 bits per heavy atom. The fourth-order valence-corrected chi connectivity index (χ4v) is 7.25. The molecule has 0 spiro atoms. The molecule has 5 rings (SSSR count). The summed E-state index contributed by atoms with van der Waals surface area (Å²) in [6, 6.07) is 4.99. The number of aliphatic carboxylic acids is 2. The van der Waals surface area contributed by atoms with Crippen LogP contribution in [0.15, 0.2) is 58.7 Å². The lowest BCUT2D eigenvalue weighted by atomic mass is 10.0. The molecule has 19 nitrogen and oxygen atoms in total. The van der Waals surface area contributed by atoms with E-state index in [4.69, 9.17) is 24.1 Å². The van der Waals surface area contributed by atoms with Crippen molar-refractivity contribution < 1.29 is 67.5 Å². The van der Waals surface area contributed by atoms with E-state index in [1.54, 1.807) is 6.92 Å². The number of pyridine rings is 1. The summed E-state index contributed by atoms with van der Waals surface area (Å²) >= 11 is 1.11. The van der Waals surface area contributed by atoms with Crippen LogP contribution >= 0.6 is 11.8 Å². The average Bonchev–Trinajstić information content (AvgIpc) is 3.14. The van der Waals surface area contributed by atoms with E-state index in [9.17, 15) is 48.3 Å². The summed E-state index contributed by atoms with van der Waals surface area (Å²) in [7, 11) is 0. The lowest BCUT2D eigenvalue weighted by Gasteiger charge is -2.49. The highest BCUT2D eigenvalue weighted by Gasteiger charge is 2.54. The molecule has 3 heterocycles. The van der Waals surface area contributed by atoms with Crippen molar-refractivity contribution in [2.45, 2.75) is 51.7 Å². The smallest absolute Gasteiger partial charge is 0.352 e. The van der Waals surface area contributed by atoms with Gasteiger partial charge in [0, 0.05) is 50.9 Å². The number of carbonyl (C=O) groups is 8. The molecule has 1 saturated heterocycles. The summed E-state index contributed by atoms with van der Waals surface area (Å²) in [5, 5.41) is 23.0. The van der Waals surface area contributed by atoms with Gasteiger partial charge in [-0.05, 0) is 30.7 Å². The number of nitrogens with zero attached hydrogens (tertiary/aromatic N) is 2. The molecule has 0 aliphatic carbocycles. The van der Waals surface area contributed by atoms with E-state index in [0.717, 1.165) is 43.5 Å². The highest BCUT2D eigenvalue weighted by molar-refractivity contribution is 8.00. The summed E-state index contributed by atoms with van der Waals surface area (Å²) in [6.45, 7) is 4.25. The quantitative estimate of drug-likeness (QED) is 0.101. The maximum absolute atomic E-state index is 14.0. The monoisotopic (exact) mass is 794 g/mol. The van der Waals surface area contributed by atoms with E-state index in [0.29, 0.717) is 0 Å². The van der Waals surface area contributed by atoms with Crippen LogP contribution in [0.1, 0.15) is 49.7 Å². The van der Waals surface area contributed by atoms with Crippen LogP contribution in [-0.2, 0) is 44.8 Å². The van der Waals surface area contributed by atoms with Gasteiger partial charge in [0.25, 0.3) is 11.8 Å². The van der Waals surface area contributed by atoms with Gasteiger partial charge in [0.05, 0.1) is 10.9 Å². The molecule has 1 aromatic heterocycles. The molecule has 3 atom stereocenters. The first-order chi connectivity index (χ1) is 26.5. The number of carboxylic acids is 2. The molecular weight excluding hydrogens is 760 g/mol. The van der Waals surface area contributed by atoms with Crippen molar-refractivity contribution in [1.82, 2.24) is 20.1 Å². The SMILES string of the molecule is CCn1cc(C(=O)NC(C(=O)N[C@@H]2C(=O)N3C(C(=O)O)=C(COC(C)=O)CS[C@@H]23)c2ccc(OCC(=O)O)cc2)c(=O)c2cc(OC(C)=O)c(OC(C)=O)cc21. The van der Waals surface area contributed by atoms with Gasteiger partial charge in [0.15, 0.2) is 18.1 Å². The maximum atomic E-state index is 14.0. The predicted molar refractivity (Wildman–Crippen MR) is 193 cm³/mol. The van der Waals surface area contributed by atoms with Gasteiger partial charge < -0.3 is 44.4 Å². The zero-order valence-corrected chi connectivity index (χ0v) is 30.9. The maximum Gasteiger partial charge on any atom is 0.352 e. The zero-order chi connectivity index (χ0) is 41.0. The molecule has 56 heavy (non-hydrogen) atoms. The van der Waals surface area contributed by atoms with Crippen LogP contribution < -0.4 is 30.3 Å². The van der Waals surface area contributed by atoms with Crippen LogP contribution in [0.3, 0.4) is 0 Å². The van der Waals surface area contributed by atoms with E-state index in [2.05, 4.69) is 10.6 Å². The summed E-state index contributed by atoms with van der Waals surface area (Å²) in [6.07, 6.45) is 1.22. The lowest BCUT2D eigenvalue weighted by Crippen LogP contribution is -2.71. The molecule has 2 aromatic carbocycles. The Morgan fingerprint density at radius 3 is 2.14 bits per heavy atom. The largest absolute Gasteiger partial charge is 0.482 e. The van der Waals surface area contributed by atoms with Gasteiger partial charge in [-0.1, -0.05) is 12.1 Å². The zero-order valence-electron chi connectivity index (χ0n) is 30.1. The van der Waals surface area contributed by atoms with Gasteiger partial charge in [-0.3, -0.25) is 38.5 Å². The van der Waals surface area contributed by atoms with E-state index in [1.165, 1.54) is 41.1 Å². The Hall–Kier alpha value is -6.70. The number of thioether (sulfide) groups is 1. The second-order valence-electron chi connectivity index (χ2n) is 12.3. The number of amides is 3. The van der Waals surface area contributed by atoms with Crippen molar-refractivity contribution in [2.75, 3.05) is 19.0 Å². The first kappa shape index (κ1) is 40.5. The molecule has 3 aromatic rings. The van der Waals surface area contributed by atoms with Crippen molar-refractivity contribution >= 4 is 70.2 Å². The minimum absolute atomic E-state index is 0.0565. The highest BCUT2D eigenvalue weighted by atomic mass is 32.2. The molecule has 0 saturated carbocycles. The molecular formula is C36H34N4O15S. The molecule has 20 heteroatoms.